The molecule has 1 atom stereocenters. The zero-order chi connectivity index (χ0) is 17.8. The fraction of sp³-hybridized carbons (Fsp3) is 0.389. The summed E-state index contributed by atoms with van der Waals surface area (Å²) in [6.45, 7) is 4.71. The van der Waals surface area contributed by atoms with Gasteiger partial charge in [0.1, 0.15) is 5.75 Å². The van der Waals surface area contributed by atoms with Gasteiger partial charge in [0, 0.05) is 18.3 Å². The van der Waals surface area contributed by atoms with Crippen LogP contribution < -0.4 is 15.4 Å². The maximum atomic E-state index is 12.1. The van der Waals surface area contributed by atoms with E-state index in [1.807, 2.05) is 12.1 Å². The molecule has 25 heavy (non-hydrogen) atoms. The second kappa shape index (κ2) is 7.65. The van der Waals surface area contributed by atoms with Crippen molar-refractivity contribution in [2.75, 3.05) is 11.9 Å². The van der Waals surface area contributed by atoms with Gasteiger partial charge in [-0.1, -0.05) is 26.0 Å². The predicted molar refractivity (Wildman–Crippen MR) is 97.0 cm³/mol. The van der Waals surface area contributed by atoms with Crippen LogP contribution in [0.1, 0.15) is 36.9 Å². The monoisotopic (exact) mass is 359 g/mol. The Morgan fingerprint density at radius 3 is 2.96 bits per heavy atom. The molecular formula is C18H21N3O3S. The van der Waals surface area contributed by atoms with Crippen LogP contribution in [0.3, 0.4) is 0 Å². The van der Waals surface area contributed by atoms with Crippen molar-refractivity contribution in [1.29, 1.82) is 0 Å². The lowest BCUT2D eigenvalue weighted by Crippen LogP contribution is -2.41. The SMILES string of the molecule is CC(C)c1csc(CCNC(=O)C[C@@H]2Oc3ccccc3NC2=O)n1. The minimum Gasteiger partial charge on any atom is -0.478 e. The first-order chi connectivity index (χ1) is 12.0. The fourth-order valence-corrected chi connectivity index (χ4v) is 3.44. The van der Waals surface area contributed by atoms with E-state index in [2.05, 4.69) is 34.8 Å². The van der Waals surface area contributed by atoms with E-state index in [0.717, 1.165) is 10.7 Å². The van der Waals surface area contributed by atoms with Crippen LogP contribution in [0.25, 0.3) is 0 Å². The van der Waals surface area contributed by atoms with Crippen molar-refractivity contribution in [2.24, 2.45) is 0 Å². The van der Waals surface area contributed by atoms with Gasteiger partial charge in [0.15, 0.2) is 6.10 Å². The summed E-state index contributed by atoms with van der Waals surface area (Å²) in [4.78, 5) is 28.7. The van der Waals surface area contributed by atoms with Crippen molar-refractivity contribution in [3.8, 4) is 5.75 Å². The Balaban J connectivity index is 1.47. The first-order valence-corrected chi connectivity index (χ1v) is 9.18. The number of anilines is 1. The summed E-state index contributed by atoms with van der Waals surface area (Å²) in [6.07, 6.45) is -0.124. The van der Waals surface area contributed by atoms with Gasteiger partial charge in [-0.05, 0) is 18.1 Å². The maximum absolute atomic E-state index is 12.1. The molecule has 1 aromatic heterocycles. The smallest absolute Gasteiger partial charge is 0.266 e. The largest absolute Gasteiger partial charge is 0.478 e. The van der Waals surface area contributed by atoms with Gasteiger partial charge in [0.25, 0.3) is 5.91 Å². The van der Waals surface area contributed by atoms with Gasteiger partial charge in [0.2, 0.25) is 5.91 Å². The third-order valence-electron chi connectivity index (χ3n) is 3.90. The second-order valence-electron chi connectivity index (χ2n) is 6.22. The van der Waals surface area contributed by atoms with Gasteiger partial charge in [-0.25, -0.2) is 4.98 Å². The summed E-state index contributed by atoms with van der Waals surface area (Å²) in [5, 5.41) is 8.65. The first kappa shape index (κ1) is 17.4. The van der Waals surface area contributed by atoms with Gasteiger partial charge in [0.05, 0.1) is 22.8 Å². The zero-order valence-corrected chi connectivity index (χ0v) is 15.1. The Kier molecular flexibility index (Phi) is 5.33. The van der Waals surface area contributed by atoms with E-state index in [0.29, 0.717) is 30.3 Å². The molecule has 6 nitrogen and oxygen atoms in total. The molecule has 2 aromatic rings. The molecule has 0 radical (unpaired) electrons. The van der Waals surface area contributed by atoms with Gasteiger partial charge in [-0.2, -0.15) is 0 Å². The predicted octanol–water partition coefficient (Wildman–Crippen LogP) is 2.72. The highest BCUT2D eigenvalue weighted by Gasteiger charge is 2.29. The van der Waals surface area contributed by atoms with Gasteiger partial charge in [-0.3, -0.25) is 9.59 Å². The van der Waals surface area contributed by atoms with Gasteiger partial charge >= 0.3 is 0 Å². The number of aromatic nitrogens is 1. The average Bonchev–Trinajstić information content (AvgIpc) is 3.05. The number of hydrogen-bond acceptors (Lipinski definition) is 5. The fourth-order valence-electron chi connectivity index (χ4n) is 2.48. The molecule has 0 unspecified atom stereocenters. The van der Waals surface area contributed by atoms with Crippen LogP contribution in [0, 0.1) is 0 Å². The number of carbonyl (C=O) groups is 2. The number of amides is 2. The van der Waals surface area contributed by atoms with E-state index in [-0.39, 0.29) is 18.2 Å². The molecule has 3 rings (SSSR count). The number of fused-ring (bicyclic) bond motifs is 1. The number of thiazole rings is 1. The molecule has 2 amide bonds. The van der Waals surface area contributed by atoms with E-state index >= 15 is 0 Å². The van der Waals surface area contributed by atoms with Crippen LogP contribution >= 0.6 is 11.3 Å². The molecule has 0 saturated heterocycles. The normalized spacial score (nSPS) is 16.1. The molecule has 2 heterocycles. The number of nitrogens with zero attached hydrogens (tertiary/aromatic N) is 1. The third kappa shape index (κ3) is 4.36. The van der Waals surface area contributed by atoms with Crippen LogP contribution in [0.15, 0.2) is 29.6 Å². The Morgan fingerprint density at radius 2 is 2.20 bits per heavy atom. The number of ether oxygens (including phenoxy) is 1. The number of nitrogens with one attached hydrogen (secondary N) is 2. The third-order valence-corrected chi connectivity index (χ3v) is 4.83. The highest BCUT2D eigenvalue weighted by Crippen LogP contribution is 2.29. The van der Waals surface area contributed by atoms with Crippen molar-refractivity contribution in [1.82, 2.24) is 10.3 Å². The summed E-state index contributed by atoms with van der Waals surface area (Å²) in [5.41, 5.74) is 1.71. The van der Waals surface area contributed by atoms with Crippen molar-refractivity contribution < 1.29 is 14.3 Å². The Bertz CT molecular complexity index is 772. The first-order valence-electron chi connectivity index (χ1n) is 8.30. The average molecular weight is 359 g/mol. The molecule has 1 aromatic carbocycles. The zero-order valence-electron chi connectivity index (χ0n) is 14.2. The molecule has 0 fully saturated rings. The molecule has 1 aliphatic rings. The van der Waals surface area contributed by atoms with Gasteiger partial charge < -0.3 is 15.4 Å². The van der Waals surface area contributed by atoms with Crippen LogP contribution in [0.2, 0.25) is 0 Å². The standard InChI is InChI=1S/C18H21N3O3S/c1-11(2)13-10-25-17(20-13)7-8-19-16(22)9-15-18(23)21-12-5-3-4-6-14(12)24-15/h3-6,10-11,15H,7-9H2,1-2H3,(H,19,22)(H,21,23)/t15-/m0/s1. The lowest BCUT2D eigenvalue weighted by Gasteiger charge is -2.25. The van der Waals surface area contributed by atoms with Crippen LogP contribution in [-0.2, 0) is 16.0 Å². The van der Waals surface area contributed by atoms with E-state index < -0.39 is 6.10 Å². The molecule has 0 spiro atoms. The summed E-state index contributed by atoms with van der Waals surface area (Å²) in [5.74, 6) is 0.490. The molecule has 0 bridgehead atoms. The Morgan fingerprint density at radius 1 is 1.40 bits per heavy atom. The second-order valence-corrected chi connectivity index (χ2v) is 7.16. The number of hydrogen-bond donors (Lipinski definition) is 2. The van der Waals surface area contributed by atoms with Crippen molar-refractivity contribution in [2.45, 2.75) is 38.7 Å². The number of rotatable bonds is 6. The van der Waals surface area contributed by atoms with Crippen molar-refractivity contribution >= 4 is 28.8 Å². The quantitative estimate of drug-likeness (QED) is 0.831. The van der Waals surface area contributed by atoms with Crippen LogP contribution in [0.4, 0.5) is 5.69 Å². The minimum atomic E-state index is -0.803. The molecule has 7 heteroatoms. The summed E-state index contributed by atoms with van der Waals surface area (Å²) in [7, 11) is 0. The highest BCUT2D eigenvalue weighted by molar-refractivity contribution is 7.09. The molecule has 2 N–H and O–H groups in total. The summed E-state index contributed by atoms with van der Waals surface area (Å²) < 4.78 is 5.63. The Labute approximate surface area is 150 Å². The lowest BCUT2D eigenvalue weighted by atomic mass is 10.1. The van der Waals surface area contributed by atoms with Crippen molar-refractivity contribution in [3.63, 3.8) is 0 Å². The van der Waals surface area contributed by atoms with Crippen molar-refractivity contribution in [3.05, 3.63) is 40.3 Å². The van der Waals surface area contributed by atoms with E-state index in [1.165, 1.54) is 0 Å². The van der Waals surface area contributed by atoms with E-state index in [4.69, 9.17) is 4.74 Å². The number of para-hydroxylation sites is 2. The summed E-state index contributed by atoms with van der Waals surface area (Å²) in [6, 6.07) is 7.18. The molecule has 0 aliphatic carbocycles. The van der Waals surface area contributed by atoms with Crippen LogP contribution in [0.5, 0.6) is 5.75 Å². The molecule has 1 aliphatic heterocycles. The number of benzene rings is 1. The topological polar surface area (TPSA) is 80.3 Å². The van der Waals surface area contributed by atoms with E-state index in [1.54, 1.807) is 23.5 Å². The summed E-state index contributed by atoms with van der Waals surface area (Å²) >= 11 is 1.61. The molecular weight excluding hydrogens is 338 g/mol. The van der Waals surface area contributed by atoms with Gasteiger partial charge in [-0.15, -0.1) is 11.3 Å². The highest BCUT2D eigenvalue weighted by atomic mass is 32.1. The minimum absolute atomic E-state index is 0.00468. The molecule has 0 saturated carbocycles. The lowest BCUT2D eigenvalue weighted by molar-refractivity contribution is -0.130. The molecule has 132 valence electrons. The van der Waals surface area contributed by atoms with E-state index in [9.17, 15) is 9.59 Å². The van der Waals surface area contributed by atoms with Crippen LogP contribution in [-0.4, -0.2) is 29.4 Å². The number of carbonyl (C=O) groups excluding carboxylic acids is 2. The maximum Gasteiger partial charge on any atom is 0.266 e. The Hall–Kier alpha value is -2.41.